The van der Waals surface area contributed by atoms with E-state index < -0.39 is 0 Å². The van der Waals surface area contributed by atoms with E-state index in [1.54, 1.807) is 0 Å². The largest absolute Gasteiger partial charge is 0.375 e. The van der Waals surface area contributed by atoms with Crippen LogP contribution < -0.4 is 5.73 Å². The Balaban J connectivity index is 2.53. The summed E-state index contributed by atoms with van der Waals surface area (Å²) in [5, 5.41) is 0. The van der Waals surface area contributed by atoms with Crippen LogP contribution in [-0.4, -0.2) is 18.2 Å². The second-order valence-corrected chi connectivity index (χ2v) is 4.38. The number of rotatable bonds is 1. The molecule has 0 radical (unpaired) electrons. The highest BCUT2D eigenvalue weighted by atomic mass is 16.5. The SMILES string of the molecule is CC1O[C@@H](C(C)C)CC(N)[C@H]1C. The van der Waals surface area contributed by atoms with Gasteiger partial charge in [-0.3, -0.25) is 0 Å². The zero-order valence-corrected chi connectivity index (χ0v) is 8.58. The van der Waals surface area contributed by atoms with Crippen LogP contribution in [0.25, 0.3) is 0 Å². The lowest BCUT2D eigenvalue weighted by Gasteiger charge is -2.39. The number of ether oxygens (including phenoxy) is 1. The molecule has 2 heteroatoms. The van der Waals surface area contributed by atoms with Crippen molar-refractivity contribution in [2.24, 2.45) is 17.6 Å². The molecule has 0 bridgehead atoms. The van der Waals surface area contributed by atoms with Gasteiger partial charge >= 0.3 is 0 Å². The van der Waals surface area contributed by atoms with E-state index in [0.29, 0.717) is 30.1 Å². The van der Waals surface area contributed by atoms with Crippen molar-refractivity contribution in [1.29, 1.82) is 0 Å². The van der Waals surface area contributed by atoms with Gasteiger partial charge in [-0.2, -0.15) is 0 Å². The van der Waals surface area contributed by atoms with Crippen LogP contribution in [0.1, 0.15) is 34.1 Å². The van der Waals surface area contributed by atoms with E-state index in [4.69, 9.17) is 10.5 Å². The lowest BCUT2D eigenvalue weighted by Crippen LogP contribution is -2.47. The standard InChI is InChI=1S/C10H21NO/c1-6(2)10-5-9(11)7(3)8(4)12-10/h6-10H,5,11H2,1-4H3/t7-,8?,9?,10+/m0/s1. The average molecular weight is 171 g/mol. The van der Waals surface area contributed by atoms with Crippen LogP contribution in [0.4, 0.5) is 0 Å². The highest BCUT2D eigenvalue weighted by molar-refractivity contribution is 4.84. The summed E-state index contributed by atoms with van der Waals surface area (Å²) in [5.41, 5.74) is 6.02. The topological polar surface area (TPSA) is 35.2 Å². The van der Waals surface area contributed by atoms with Gasteiger partial charge in [-0.05, 0) is 25.2 Å². The van der Waals surface area contributed by atoms with E-state index in [9.17, 15) is 0 Å². The van der Waals surface area contributed by atoms with Gasteiger partial charge in [0, 0.05) is 6.04 Å². The molecule has 1 aliphatic rings. The first-order valence-corrected chi connectivity index (χ1v) is 4.93. The Morgan fingerprint density at radius 2 is 1.92 bits per heavy atom. The van der Waals surface area contributed by atoms with Crippen molar-refractivity contribution in [3.05, 3.63) is 0 Å². The Morgan fingerprint density at radius 1 is 1.33 bits per heavy atom. The maximum atomic E-state index is 6.02. The van der Waals surface area contributed by atoms with Crippen molar-refractivity contribution in [1.82, 2.24) is 0 Å². The number of hydrogen-bond acceptors (Lipinski definition) is 2. The molecule has 0 aromatic heterocycles. The van der Waals surface area contributed by atoms with Gasteiger partial charge in [-0.15, -0.1) is 0 Å². The Bertz CT molecular complexity index is 135. The van der Waals surface area contributed by atoms with Gasteiger partial charge < -0.3 is 10.5 Å². The molecule has 1 rings (SSSR count). The molecule has 4 atom stereocenters. The maximum Gasteiger partial charge on any atom is 0.0616 e. The Kier molecular flexibility index (Phi) is 3.13. The van der Waals surface area contributed by atoms with Crippen molar-refractivity contribution in [2.75, 3.05) is 0 Å². The summed E-state index contributed by atoms with van der Waals surface area (Å²) in [6.07, 6.45) is 1.70. The van der Waals surface area contributed by atoms with E-state index in [0.717, 1.165) is 6.42 Å². The van der Waals surface area contributed by atoms with Crippen LogP contribution in [0.15, 0.2) is 0 Å². The second kappa shape index (κ2) is 3.75. The minimum Gasteiger partial charge on any atom is -0.375 e. The van der Waals surface area contributed by atoms with E-state index in [2.05, 4.69) is 27.7 Å². The summed E-state index contributed by atoms with van der Waals surface area (Å²) < 4.78 is 5.85. The molecule has 0 aromatic rings. The number of hydrogen-bond donors (Lipinski definition) is 1. The van der Waals surface area contributed by atoms with Gasteiger partial charge in [0.1, 0.15) is 0 Å². The minimum absolute atomic E-state index is 0.321. The van der Waals surface area contributed by atoms with Crippen molar-refractivity contribution in [3.63, 3.8) is 0 Å². The van der Waals surface area contributed by atoms with Gasteiger partial charge in [0.25, 0.3) is 0 Å². The Morgan fingerprint density at radius 3 is 2.33 bits per heavy atom. The fourth-order valence-electron chi connectivity index (χ4n) is 1.72. The van der Waals surface area contributed by atoms with Gasteiger partial charge in [0.15, 0.2) is 0 Å². The highest BCUT2D eigenvalue weighted by Gasteiger charge is 2.32. The summed E-state index contributed by atoms with van der Waals surface area (Å²) in [5.74, 6) is 1.09. The zero-order chi connectivity index (χ0) is 9.30. The monoisotopic (exact) mass is 171 g/mol. The van der Waals surface area contributed by atoms with Crippen LogP contribution in [0.3, 0.4) is 0 Å². The van der Waals surface area contributed by atoms with E-state index in [1.165, 1.54) is 0 Å². The number of nitrogens with two attached hydrogens (primary N) is 1. The van der Waals surface area contributed by atoms with Gasteiger partial charge in [0.05, 0.1) is 12.2 Å². The first kappa shape index (κ1) is 10.0. The molecule has 2 nitrogen and oxygen atoms in total. The quantitative estimate of drug-likeness (QED) is 0.652. The van der Waals surface area contributed by atoms with E-state index in [-0.39, 0.29) is 0 Å². The van der Waals surface area contributed by atoms with Crippen molar-refractivity contribution >= 4 is 0 Å². The fraction of sp³-hybridized carbons (Fsp3) is 1.00. The third kappa shape index (κ3) is 1.99. The lowest BCUT2D eigenvalue weighted by molar-refractivity contribution is -0.0955. The molecule has 0 spiro atoms. The first-order valence-electron chi connectivity index (χ1n) is 4.93. The molecule has 1 saturated heterocycles. The van der Waals surface area contributed by atoms with E-state index >= 15 is 0 Å². The van der Waals surface area contributed by atoms with Crippen LogP contribution in [-0.2, 0) is 4.74 Å². The normalized spacial score (nSPS) is 43.5. The third-order valence-electron chi connectivity index (χ3n) is 3.05. The molecule has 1 heterocycles. The molecule has 0 aromatic carbocycles. The van der Waals surface area contributed by atoms with Crippen LogP contribution in [0.5, 0.6) is 0 Å². The second-order valence-electron chi connectivity index (χ2n) is 4.38. The minimum atomic E-state index is 0.321. The molecule has 1 aliphatic heterocycles. The summed E-state index contributed by atoms with van der Waals surface area (Å²) >= 11 is 0. The van der Waals surface area contributed by atoms with Crippen LogP contribution >= 0.6 is 0 Å². The van der Waals surface area contributed by atoms with Crippen molar-refractivity contribution < 1.29 is 4.74 Å². The molecule has 0 saturated carbocycles. The predicted molar refractivity (Wildman–Crippen MR) is 50.9 cm³/mol. The molecule has 0 amide bonds. The molecular weight excluding hydrogens is 150 g/mol. The van der Waals surface area contributed by atoms with Crippen LogP contribution in [0, 0.1) is 11.8 Å². The lowest BCUT2D eigenvalue weighted by atomic mass is 9.86. The summed E-state index contributed by atoms with van der Waals surface area (Å²) in [6.45, 7) is 8.69. The third-order valence-corrected chi connectivity index (χ3v) is 3.05. The Hall–Kier alpha value is -0.0800. The van der Waals surface area contributed by atoms with E-state index in [1.807, 2.05) is 0 Å². The summed E-state index contributed by atoms with van der Waals surface area (Å²) in [4.78, 5) is 0. The molecule has 2 unspecified atom stereocenters. The average Bonchev–Trinajstić information content (AvgIpc) is 1.99. The molecule has 2 N–H and O–H groups in total. The summed E-state index contributed by atoms with van der Waals surface area (Å²) in [7, 11) is 0. The predicted octanol–water partition coefficient (Wildman–Crippen LogP) is 1.78. The molecule has 0 aliphatic carbocycles. The van der Waals surface area contributed by atoms with Gasteiger partial charge in [-0.1, -0.05) is 20.8 Å². The molecule has 1 fully saturated rings. The maximum absolute atomic E-state index is 6.02. The Labute approximate surface area is 75.5 Å². The van der Waals surface area contributed by atoms with Gasteiger partial charge in [0.2, 0.25) is 0 Å². The fourth-order valence-corrected chi connectivity index (χ4v) is 1.72. The first-order chi connectivity index (χ1) is 5.52. The van der Waals surface area contributed by atoms with Gasteiger partial charge in [-0.25, -0.2) is 0 Å². The molecule has 72 valence electrons. The smallest absolute Gasteiger partial charge is 0.0616 e. The zero-order valence-electron chi connectivity index (χ0n) is 8.58. The van der Waals surface area contributed by atoms with Crippen molar-refractivity contribution in [3.8, 4) is 0 Å². The molecule has 12 heavy (non-hydrogen) atoms. The molecular formula is C10H21NO. The van der Waals surface area contributed by atoms with Crippen LogP contribution in [0.2, 0.25) is 0 Å². The highest BCUT2D eigenvalue weighted by Crippen LogP contribution is 2.27. The van der Waals surface area contributed by atoms with Crippen molar-refractivity contribution in [2.45, 2.75) is 52.4 Å². The summed E-state index contributed by atoms with van der Waals surface area (Å²) in [6, 6.07) is 0.321.